The SMILES string of the molecule is NC(=NO)c1cc(Oc2ccc(F)cc2Cl)ccn1. The zero-order chi connectivity index (χ0) is 13.8. The van der Waals surface area contributed by atoms with Crippen LogP contribution >= 0.6 is 11.6 Å². The van der Waals surface area contributed by atoms with Crippen molar-refractivity contribution < 1.29 is 14.3 Å². The van der Waals surface area contributed by atoms with E-state index in [9.17, 15) is 4.39 Å². The molecule has 0 saturated carbocycles. The standard InChI is InChI=1S/C12H9ClFN3O2/c13-9-5-7(14)1-2-11(9)19-8-3-4-16-10(6-8)12(15)17-18/h1-6,18H,(H2,15,17). The second kappa shape index (κ2) is 5.53. The summed E-state index contributed by atoms with van der Waals surface area (Å²) in [4.78, 5) is 3.90. The van der Waals surface area contributed by atoms with E-state index in [1.807, 2.05) is 0 Å². The molecule has 0 aliphatic carbocycles. The number of rotatable bonds is 3. The Morgan fingerprint density at radius 3 is 2.84 bits per heavy atom. The van der Waals surface area contributed by atoms with Crippen LogP contribution in [0.1, 0.15) is 5.69 Å². The van der Waals surface area contributed by atoms with Crippen molar-refractivity contribution in [3.8, 4) is 11.5 Å². The predicted molar refractivity (Wildman–Crippen MR) is 68.2 cm³/mol. The molecule has 3 N–H and O–H groups in total. The molecule has 0 aliphatic heterocycles. The molecule has 2 aromatic rings. The molecule has 98 valence electrons. The normalized spacial score (nSPS) is 11.4. The van der Waals surface area contributed by atoms with Crippen molar-refractivity contribution in [3.05, 3.63) is 53.1 Å². The number of amidine groups is 1. The van der Waals surface area contributed by atoms with E-state index < -0.39 is 5.82 Å². The van der Waals surface area contributed by atoms with Gasteiger partial charge in [0.1, 0.15) is 23.0 Å². The van der Waals surface area contributed by atoms with Crippen molar-refractivity contribution in [1.82, 2.24) is 4.98 Å². The Morgan fingerprint density at radius 2 is 2.16 bits per heavy atom. The van der Waals surface area contributed by atoms with E-state index in [1.54, 1.807) is 6.07 Å². The maximum atomic E-state index is 12.9. The molecule has 0 fully saturated rings. The molecular weight excluding hydrogens is 273 g/mol. The summed E-state index contributed by atoms with van der Waals surface area (Å²) < 4.78 is 18.4. The van der Waals surface area contributed by atoms with Gasteiger partial charge in [0, 0.05) is 12.3 Å². The van der Waals surface area contributed by atoms with E-state index in [1.165, 1.54) is 24.4 Å². The summed E-state index contributed by atoms with van der Waals surface area (Å²) in [5.74, 6) is 0.0740. The Hall–Kier alpha value is -2.34. The topological polar surface area (TPSA) is 80.7 Å². The monoisotopic (exact) mass is 281 g/mol. The first-order valence-corrected chi connectivity index (χ1v) is 5.55. The van der Waals surface area contributed by atoms with Crippen LogP contribution in [0.5, 0.6) is 11.5 Å². The van der Waals surface area contributed by atoms with E-state index in [2.05, 4.69) is 10.1 Å². The van der Waals surface area contributed by atoms with Gasteiger partial charge in [-0.05, 0) is 24.3 Å². The maximum Gasteiger partial charge on any atom is 0.188 e. The number of ether oxygens (including phenoxy) is 1. The molecule has 0 spiro atoms. The molecule has 5 nitrogen and oxygen atoms in total. The smallest absolute Gasteiger partial charge is 0.188 e. The molecule has 1 heterocycles. The Kier molecular flexibility index (Phi) is 3.82. The highest BCUT2D eigenvalue weighted by Crippen LogP contribution is 2.29. The van der Waals surface area contributed by atoms with Crippen LogP contribution in [0.15, 0.2) is 41.7 Å². The highest BCUT2D eigenvalue weighted by atomic mass is 35.5. The van der Waals surface area contributed by atoms with Crippen LogP contribution in [0.3, 0.4) is 0 Å². The lowest BCUT2D eigenvalue weighted by atomic mass is 10.3. The highest BCUT2D eigenvalue weighted by molar-refractivity contribution is 6.32. The number of hydrogen-bond acceptors (Lipinski definition) is 4. The van der Waals surface area contributed by atoms with Crippen LogP contribution in [-0.2, 0) is 0 Å². The number of nitrogens with two attached hydrogens (primary N) is 1. The molecule has 0 bridgehead atoms. The molecule has 1 aromatic heterocycles. The van der Waals surface area contributed by atoms with Crippen LogP contribution in [0, 0.1) is 5.82 Å². The lowest BCUT2D eigenvalue weighted by Crippen LogP contribution is -2.14. The van der Waals surface area contributed by atoms with Crippen molar-refractivity contribution >= 4 is 17.4 Å². The molecule has 2 rings (SSSR count). The van der Waals surface area contributed by atoms with Crippen LogP contribution in [0.25, 0.3) is 0 Å². The summed E-state index contributed by atoms with van der Waals surface area (Å²) in [7, 11) is 0. The predicted octanol–water partition coefficient (Wildman–Crippen LogP) is 2.76. The van der Waals surface area contributed by atoms with Gasteiger partial charge in [-0.15, -0.1) is 0 Å². The number of pyridine rings is 1. The first-order valence-electron chi connectivity index (χ1n) is 5.17. The largest absolute Gasteiger partial charge is 0.456 e. The van der Waals surface area contributed by atoms with Gasteiger partial charge in [0.15, 0.2) is 5.84 Å². The number of aromatic nitrogens is 1. The number of oxime groups is 1. The van der Waals surface area contributed by atoms with Crippen molar-refractivity contribution in [3.63, 3.8) is 0 Å². The highest BCUT2D eigenvalue weighted by Gasteiger charge is 2.07. The fourth-order valence-electron chi connectivity index (χ4n) is 1.35. The quantitative estimate of drug-likeness (QED) is 0.392. The first kappa shape index (κ1) is 13.1. The molecular formula is C12H9ClFN3O2. The van der Waals surface area contributed by atoms with Crippen molar-refractivity contribution in [2.45, 2.75) is 0 Å². The van der Waals surface area contributed by atoms with E-state index in [0.717, 1.165) is 6.07 Å². The van der Waals surface area contributed by atoms with E-state index in [-0.39, 0.29) is 16.6 Å². The number of halogens is 2. The average molecular weight is 282 g/mol. The van der Waals surface area contributed by atoms with Gasteiger partial charge in [-0.1, -0.05) is 16.8 Å². The molecule has 0 aliphatic rings. The summed E-state index contributed by atoms with van der Waals surface area (Å²) in [6.45, 7) is 0. The van der Waals surface area contributed by atoms with Gasteiger partial charge >= 0.3 is 0 Å². The minimum Gasteiger partial charge on any atom is -0.456 e. The van der Waals surface area contributed by atoms with Crippen LogP contribution in [0.2, 0.25) is 5.02 Å². The van der Waals surface area contributed by atoms with Crippen molar-refractivity contribution in [2.75, 3.05) is 0 Å². The first-order chi connectivity index (χ1) is 9.10. The van der Waals surface area contributed by atoms with Gasteiger partial charge in [-0.2, -0.15) is 0 Å². The molecule has 0 amide bonds. The third-order valence-electron chi connectivity index (χ3n) is 2.22. The van der Waals surface area contributed by atoms with Gasteiger partial charge in [0.2, 0.25) is 0 Å². The Bertz CT molecular complexity index is 634. The fourth-order valence-corrected chi connectivity index (χ4v) is 1.56. The number of benzene rings is 1. The van der Waals surface area contributed by atoms with E-state index >= 15 is 0 Å². The second-order valence-corrected chi connectivity index (χ2v) is 3.95. The Labute approximate surface area is 113 Å². The third kappa shape index (κ3) is 3.11. The van der Waals surface area contributed by atoms with Crippen molar-refractivity contribution in [1.29, 1.82) is 0 Å². The summed E-state index contributed by atoms with van der Waals surface area (Å²) in [6.07, 6.45) is 1.43. The Balaban J connectivity index is 2.28. The Morgan fingerprint density at radius 1 is 1.37 bits per heavy atom. The second-order valence-electron chi connectivity index (χ2n) is 3.54. The lowest BCUT2D eigenvalue weighted by molar-refractivity contribution is 0.318. The molecule has 0 radical (unpaired) electrons. The number of hydrogen-bond donors (Lipinski definition) is 2. The number of nitrogens with zero attached hydrogens (tertiary/aromatic N) is 2. The van der Waals surface area contributed by atoms with Gasteiger partial charge in [0.05, 0.1) is 5.02 Å². The molecule has 7 heteroatoms. The summed E-state index contributed by atoms with van der Waals surface area (Å²) in [6, 6.07) is 6.80. The maximum absolute atomic E-state index is 12.9. The van der Waals surface area contributed by atoms with Crippen LogP contribution in [0.4, 0.5) is 4.39 Å². The molecule has 0 saturated heterocycles. The van der Waals surface area contributed by atoms with Gasteiger partial charge in [-0.25, -0.2) is 4.39 Å². The minimum atomic E-state index is -0.454. The van der Waals surface area contributed by atoms with Crippen LogP contribution in [-0.4, -0.2) is 16.0 Å². The van der Waals surface area contributed by atoms with Gasteiger partial charge in [-0.3, -0.25) is 4.98 Å². The third-order valence-corrected chi connectivity index (χ3v) is 2.52. The summed E-state index contributed by atoms with van der Waals surface area (Å²) in [5.41, 5.74) is 5.66. The van der Waals surface area contributed by atoms with E-state index in [4.69, 9.17) is 27.3 Å². The molecule has 0 atom stereocenters. The van der Waals surface area contributed by atoms with E-state index in [0.29, 0.717) is 11.5 Å². The fraction of sp³-hybridized carbons (Fsp3) is 0. The van der Waals surface area contributed by atoms with Gasteiger partial charge in [0.25, 0.3) is 0 Å². The van der Waals surface area contributed by atoms with Crippen molar-refractivity contribution in [2.24, 2.45) is 10.9 Å². The zero-order valence-corrected chi connectivity index (χ0v) is 10.3. The summed E-state index contributed by atoms with van der Waals surface area (Å²) >= 11 is 5.84. The van der Waals surface area contributed by atoms with Gasteiger partial charge < -0.3 is 15.7 Å². The molecule has 0 unspecified atom stereocenters. The summed E-state index contributed by atoms with van der Waals surface area (Å²) in [5, 5.41) is 11.5. The zero-order valence-electron chi connectivity index (χ0n) is 9.55. The minimum absolute atomic E-state index is 0.141. The molecule has 1 aromatic carbocycles. The average Bonchev–Trinajstić information content (AvgIpc) is 2.41. The lowest BCUT2D eigenvalue weighted by Gasteiger charge is -2.08. The molecule has 19 heavy (non-hydrogen) atoms. The van der Waals surface area contributed by atoms with Crippen LogP contribution < -0.4 is 10.5 Å².